The van der Waals surface area contributed by atoms with Crippen LogP contribution in [0.3, 0.4) is 0 Å². The number of aromatic carboxylic acids is 1. The van der Waals surface area contributed by atoms with E-state index in [4.69, 9.17) is 4.74 Å². The predicted molar refractivity (Wildman–Crippen MR) is 79.0 cm³/mol. The van der Waals surface area contributed by atoms with E-state index in [0.717, 1.165) is 4.47 Å². The molecule has 6 heteroatoms. The Morgan fingerprint density at radius 2 is 1.76 bits per heavy atom. The normalized spacial score (nSPS) is 9.95. The molecule has 2 aromatic rings. The first-order chi connectivity index (χ1) is 10.1. The molecule has 1 N–H and O–H groups in total. The Kier molecular flexibility index (Phi) is 4.94. The largest absolute Gasteiger partial charge is 0.545 e. The number of carbonyl (C=O) groups is 2. The Bertz CT molecular complexity index is 672. The van der Waals surface area contributed by atoms with Crippen molar-refractivity contribution in [2.75, 3.05) is 11.9 Å². The van der Waals surface area contributed by atoms with Crippen molar-refractivity contribution < 1.29 is 19.4 Å². The van der Waals surface area contributed by atoms with Crippen LogP contribution in [0.2, 0.25) is 0 Å². The van der Waals surface area contributed by atoms with Crippen molar-refractivity contribution in [3.8, 4) is 5.75 Å². The van der Waals surface area contributed by atoms with Gasteiger partial charge >= 0.3 is 0 Å². The van der Waals surface area contributed by atoms with Gasteiger partial charge in [0.25, 0.3) is 5.91 Å². The molecule has 0 radical (unpaired) electrons. The third kappa shape index (κ3) is 4.06. The molecular formula is C15H11BrNO4-. The molecule has 108 valence electrons. The van der Waals surface area contributed by atoms with Gasteiger partial charge in [-0.3, -0.25) is 4.79 Å². The number of amides is 1. The van der Waals surface area contributed by atoms with Crippen molar-refractivity contribution in [2.24, 2.45) is 0 Å². The SMILES string of the molecule is O=C(COc1ccccc1C(=O)[O-])Nc1ccccc1Br. The maximum absolute atomic E-state index is 11.8. The van der Waals surface area contributed by atoms with Crippen LogP contribution < -0.4 is 15.2 Å². The van der Waals surface area contributed by atoms with Crippen molar-refractivity contribution in [2.45, 2.75) is 0 Å². The lowest BCUT2D eigenvalue weighted by atomic mass is 10.2. The lowest BCUT2D eigenvalue weighted by Gasteiger charge is -2.12. The molecule has 1 amide bonds. The van der Waals surface area contributed by atoms with Crippen molar-refractivity contribution in [1.82, 2.24) is 0 Å². The molecule has 0 bridgehead atoms. The highest BCUT2D eigenvalue weighted by molar-refractivity contribution is 9.10. The van der Waals surface area contributed by atoms with Crippen molar-refractivity contribution >= 4 is 33.5 Å². The van der Waals surface area contributed by atoms with Crippen molar-refractivity contribution in [3.63, 3.8) is 0 Å². The Balaban J connectivity index is 1.99. The van der Waals surface area contributed by atoms with E-state index in [0.29, 0.717) is 5.69 Å². The summed E-state index contributed by atoms with van der Waals surface area (Å²) in [5.74, 6) is -1.65. The van der Waals surface area contributed by atoms with Gasteiger partial charge in [-0.2, -0.15) is 0 Å². The van der Waals surface area contributed by atoms with Crippen LogP contribution in [-0.2, 0) is 4.79 Å². The van der Waals surface area contributed by atoms with E-state index in [2.05, 4.69) is 21.2 Å². The quantitative estimate of drug-likeness (QED) is 0.893. The van der Waals surface area contributed by atoms with E-state index in [1.165, 1.54) is 12.1 Å². The average Bonchev–Trinajstić information content (AvgIpc) is 2.48. The number of carboxylic acid groups (broad SMARTS) is 1. The maximum atomic E-state index is 11.8. The van der Waals surface area contributed by atoms with Gasteiger partial charge in [-0.15, -0.1) is 0 Å². The van der Waals surface area contributed by atoms with Crippen LogP contribution in [0.1, 0.15) is 10.4 Å². The third-order valence-electron chi connectivity index (χ3n) is 2.61. The number of anilines is 1. The van der Waals surface area contributed by atoms with Crippen LogP contribution in [0, 0.1) is 0 Å². The first kappa shape index (κ1) is 15.1. The summed E-state index contributed by atoms with van der Waals surface area (Å²) < 4.78 is 5.97. The second kappa shape index (κ2) is 6.90. The van der Waals surface area contributed by atoms with Gasteiger partial charge < -0.3 is 20.0 Å². The Morgan fingerprint density at radius 3 is 2.48 bits per heavy atom. The predicted octanol–water partition coefficient (Wildman–Crippen LogP) is 1.83. The molecule has 0 atom stereocenters. The number of nitrogens with one attached hydrogen (secondary N) is 1. The van der Waals surface area contributed by atoms with Gasteiger partial charge in [-0.1, -0.05) is 24.3 Å². The average molecular weight is 349 g/mol. The van der Waals surface area contributed by atoms with Crippen LogP contribution in [0.15, 0.2) is 53.0 Å². The number of carbonyl (C=O) groups excluding carboxylic acids is 2. The summed E-state index contributed by atoms with van der Waals surface area (Å²) in [5.41, 5.74) is 0.519. The van der Waals surface area contributed by atoms with Gasteiger partial charge in [0, 0.05) is 10.0 Å². The molecule has 0 aliphatic rings. The molecule has 0 aliphatic heterocycles. The first-order valence-electron chi connectivity index (χ1n) is 6.05. The standard InChI is InChI=1S/C15H12BrNO4/c16-11-6-2-3-7-12(11)17-14(18)9-21-13-8-4-1-5-10(13)15(19)20/h1-8H,9H2,(H,17,18)(H,19,20)/p-1. The number of ether oxygens (including phenoxy) is 1. The number of hydrogen-bond acceptors (Lipinski definition) is 4. The number of para-hydroxylation sites is 2. The molecule has 0 aliphatic carbocycles. The summed E-state index contributed by atoms with van der Waals surface area (Å²) in [7, 11) is 0. The fourth-order valence-corrected chi connectivity index (χ4v) is 2.04. The minimum Gasteiger partial charge on any atom is -0.545 e. The van der Waals surface area contributed by atoms with Crippen LogP contribution in [0.5, 0.6) is 5.75 Å². The van der Waals surface area contributed by atoms with Gasteiger partial charge in [0.05, 0.1) is 11.7 Å². The summed E-state index contributed by atoms with van der Waals surface area (Å²) in [4.78, 5) is 22.7. The molecule has 0 spiro atoms. The number of hydrogen-bond donors (Lipinski definition) is 1. The van der Waals surface area contributed by atoms with E-state index in [1.807, 2.05) is 6.07 Å². The summed E-state index contributed by atoms with van der Waals surface area (Å²) in [6.07, 6.45) is 0. The number of carboxylic acids is 1. The summed E-state index contributed by atoms with van der Waals surface area (Å²) in [6.45, 7) is -0.300. The zero-order chi connectivity index (χ0) is 15.2. The van der Waals surface area contributed by atoms with Gasteiger partial charge in [0.1, 0.15) is 5.75 Å². The maximum Gasteiger partial charge on any atom is 0.262 e. The van der Waals surface area contributed by atoms with Crippen LogP contribution in [-0.4, -0.2) is 18.5 Å². The molecule has 0 fully saturated rings. The zero-order valence-electron chi connectivity index (χ0n) is 10.8. The Labute approximate surface area is 129 Å². The molecule has 5 nitrogen and oxygen atoms in total. The lowest BCUT2D eigenvalue weighted by molar-refractivity contribution is -0.255. The fraction of sp³-hybridized carbons (Fsp3) is 0.0667. The highest BCUT2D eigenvalue weighted by Gasteiger charge is 2.08. The summed E-state index contributed by atoms with van der Waals surface area (Å²) in [6, 6.07) is 13.1. The van der Waals surface area contributed by atoms with Crippen molar-refractivity contribution in [3.05, 3.63) is 58.6 Å². The van der Waals surface area contributed by atoms with Gasteiger partial charge in [-0.25, -0.2) is 0 Å². The summed E-state index contributed by atoms with van der Waals surface area (Å²) in [5, 5.41) is 13.6. The number of benzene rings is 2. The molecule has 0 saturated carbocycles. The lowest BCUT2D eigenvalue weighted by Crippen LogP contribution is -2.25. The van der Waals surface area contributed by atoms with Gasteiger partial charge in [-0.05, 0) is 40.2 Å². The monoisotopic (exact) mass is 348 g/mol. The van der Waals surface area contributed by atoms with Crippen LogP contribution in [0.4, 0.5) is 5.69 Å². The molecule has 0 aromatic heterocycles. The van der Waals surface area contributed by atoms with E-state index >= 15 is 0 Å². The minimum atomic E-state index is -1.35. The van der Waals surface area contributed by atoms with E-state index in [9.17, 15) is 14.7 Å². The van der Waals surface area contributed by atoms with E-state index in [1.54, 1.807) is 30.3 Å². The molecular weight excluding hydrogens is 338 g/mol. The fourth-order valence-electron chi connectivity index (χ4n) is 1.65. The second-order valence-corrected chi connectivity index (χ2v) is 4.95. The van der Waals surface area contributed by atoms with Crippen LogP contribution >= 0.6 is 15.9 Å². The van der Waals surface area contributed by atoms with Crippen LogP contribution in [0.25, 0.3) is 0 Å². The van der Waals surface area contributed by atoms with Gasteiger partial charge in [0.2, 0.25) is 0 Å². The van der Waals surface area contributed by atoms with Crippen molar-refractivity contribution in [1.29, 1.82) is 0 Å². The zero-order valence-corrected chi connectivity index (χ0v) is 12.4. The summed E-state index contributed by atoms with van der Waals surface area (Å²) >= 11 is 3.31. The molecule has 2 aromatic carbocycles. The smallest absolute Gasteiger partial charge is 0.262 e. The van der Waals surface area contributed by atoms with E-state index in [-0.39, 0.29) is 17.9 Å². The third-order valence-corrected chi connectivity index (χ3v) is 3.31. The van der Waals surface area contributed by atoms with Gasteiger partial charge in [0.15, 0.2) is 6.61 Å². The highest BCUT2D eigenvalue weighted by atomic mass is 79.9. The molecule has 21 heavy (non-hydrogen) atoms. The second-order valence-electron chi connectivity index (χ2n) is 4.10. The Hall–Kier alpha value is -2.34. The molecule has 0 saturated heterocycles. The topological polar surface area (TPSA) is 78.5 Å². The minimum absolute atomic E-state index is 0.0915. The highest BCUT2D eigenvalue weighted by Crippen LogP contribution is 2.21. The number of rotatable bonds is 5. The van der Waals surface area contributed by atoms with E-state index < -0.39 is 11.9 Å². The number of halogens is 1. The molecule has 0 heterocycles. The Morgan fingerprint density at radius 1 is 1.10 bits per heavy atom. The molecule has 0 unspecified atom stereocenters. The first-order valence-corrected chi connectivity index (χ1v) is 6.85. The molecule has 2 rings (SSSR count).